The van der Waals surface area contributed by atoms with Gasteiger partial charge in [0.1, 0.15) is 11.4 Å². The van der Waals surface area contributed by atoms with Crippen molar-refractivity contribution >= 4 is 0 Å². The highest BCUT2D eigenvalue weighted by Crippen LogP contribution is 2.42. The molecule has 1 aromatic rings. The number of para-hydroxylation sites is 1. The Balaban J connectivity index is 2.07. The van der Waals surface area contributed by atoms with Gasteiger partial charge in [0, 0.05) is 18.2 Å². The Kier molecular flexibility index (Phi) is 4.95. The summed E-state index contributed by atoms with van der Waals surface area (Å²) in [7, 11) is 4.33. The van der Waals surface area contributed by atoms with Crippen LogP contribution in [-0.4, -0.2) is 37.2 Å². The highest BCUT2D eigenvalue weighted by atomic mass is 16.5. The Morgan fingerprint density at radius 2 is 1.90 bits per heavy atom. The van der Waals surface area contributed by atoms with E-state index in [0.29, 0.717) is 12.0 Å². The van der Waals surface area contributed by atoms with Gasteiger partial charge in [-0.15, -0.1) is 0 Å². The van der Waals surface area contributed by atoms with E-state index < -0.39 is 0 Å². The van der Waals surface area contributed by atoms with Crippen LogP contribution in [-0.2, 0) is 0 Å². The lowest BCUT2D eigenvalue weighted by Gasteiger charge is -2.32. The summed E-state index contributed by atoms with van der Waals surface area (Å²) in [6.45, 7) is 9.88. The molecule has 0 aromatic heterocycles. The van der Waals surface area contributed by atoms with E-state index in [1.54, 1.807) is 0 Å². The predicted octanol–water partition coefficient (Wildman–Crippen LogP) is 3.46. The van der Waals surface area contributed by atoms with Crippen LogP contribution in [0.4, 0.5) is 0 Å². The van der Waals surface area contributed by atoms with E-state index in [1.807, 2.05) is 6.07 Å². The zero-order valence-corrected chi connectivity index (χ0v) is 14.3. The van der Waals surface area contributed by atoms with Crippen molar-refractivity contribution < 1.29 is 4.74 Å². The van der Waals surface area contributed by atoms with Crippen LogP contribution in [0.5, 0.6) is 5.75 Å². The molecule has 0 saturated heterocycles. The van der Waals surface area contributed by atoms with Crippen molar-refractivity contribution in [3.05, 3.63) is 29.8 Å². The van der Waals surface area contributed by atoms with Gasteiger partial charge in [0.25, 0.3) is 0 Å². The Morgan fingerprint density at radius 3 is 2.52 bits per heavy atom. The number of nitrogens with zero attached hydrogens (tertiary/aromatic N) is 1. The number of hydrogen-bond acceptors (Lipinski definition) is 3. The summed E-state index contributed by atoms with van der Waals surface area (Å²) in [5.74, 6) is 1.73. The van der Waals surface area contributed by atoms with Crippen molar-refractivity contribution in [2.45, 2.75) is 51.8 Å². The number of likely N-dealkylation sites (N-methyl/N-ethyl adjacent to an activating group) is 1. The van der Waals surface area contributed by atoms with Gasteiger partial charge in [-0.1, -0.05) is 32.0 Å². The molecule has 1 N–H and O–H groups in total. The summed E-state index contributed by atoms with van der Waals surface area (Å²) in [4.78, 5) is 2.32. The molecular formula is C18H30N2O. The Morgan fingerprint density at radius 1 is 1.24 bits per heavy atom. The number of hydrogen-bond donors (Lipinski definition) is 1. The maximum Gasteiger partial charge on any atom is 0.125 e. The molecule has 1 aliphatic rings. The van der Waals surface area contributed by atoms with Crippen LogP contribution in [0.1, 0.15) is 45.7 Å². The minimum Gasteiger partial charge on any atom is -0.486 e. The lowest BCUT2D eigenvalue weighted by Crippen LogP contribution is -2.45. The normalized spacial score (nSPS) is 21.4. The zero-order chi connectivity index (χ0) is 15.6. The SMILES string of the molecule is CC(C)CC(CNC1c2ccccc2OC1(C)C)N(C)C. The monoisotopic (exact) mass is 290 g/mol. The van der Waals surface area contributed by atoms with Crippen molar-refractivity contribution in [2.75, 3.05) is 20.6 Å². The second-order valence-corrected chi connectivity index (χ2v) is 7.33. The molecule has 2 rings (SSSR count). The number of fused-ring (bicyclic) bond motifs is 1. The van der Waals surface area contributed by atoms with Crippen LogP contribution in [0.3, 0.4) is 0 Å². The first-order chi connectivity index (χ1) is 9.81. The Hall–Kier alpha value is -1.06. The van der Waals surface area contributed by atoms with Crippen LogP contribution in [0.15, 0.2) is 24.3 Å². The molecule has 118 valence electrons. The van der Waals surface area contributed by atoms with Crippen molar-refractivity contribution in [3.63, 3.8) is 0 Å². The maximum atomic E-state index is 6.10. The van der Waals surface area contributed by atoms with E-state index in [2.05, 4.69) is 70.2 Å². The van der Waals surface area contributed by atoms with Crippen LogP contribution in [0.25, 0.3) is 0 Å². The van der Waals surface area contributed by atoms with Crippen molar-refractivity contribution in [2.24, 2.45) is 5.92 Å². The fraction of sp³-hybridized carbons (Fsp3) is 0.667. The third-order valence-electron chi connectivity index (χ3n) is 4.33. The molecule has 0 radical (unpaired) electrons. The highest BCUT2D eigenvalue weighted by molar-refractivity contribution is 5.42. The van der Waals surface area contributed by atoms with Crippen LogP contribution in [0, 0.1) is 5.92 Å². The fourth-order valence-corrected chi connectivity index (χ4v) is 3.16. The molecule has 3 heteroatoms. The molecule has 0 bridgehead atoms. The van der Waals surface area contributed by atoms with Crippen LogP contribution < -0.4 is 10.1 Å². The summed E-state index contributed by atoms with van der Waals surface area (Å²) < 4.78 is 6.10. The van der Waals surface area contributed by atoms with Gasteiger partial charge in [-0.2, -0.15) is 0 Å². The van der Waals surface area contributed by atoms with Gasteiger partial charge >= 0.3 is 0 Å². The molecule has 2 unspecified atom stereocenters. The lowest BCUT2D eigenvalue weighted by molar-refractivity contribution is 0.0917. The molecule has 2 atom stereocenters. The summed E-state index contributed by atoms with van der Waals surface area (Å²) in [5, 5.41) is 3.75. The number of rotatable bonds is 6. The van der Waals surface area contributed by atoms with Crippen molar-refractivity contribution in [1.82, 2.24) is 10.2 Å². The van der Waals surface area contributed by atoms with Gasteiger partial charge in [-0.3, -0.25) is 0 Å². The third kappa shape index (κ3) is 3.78. The number of nitrogens with one attached hydrogen (secondary N) is 1. The van der Waals surface area contributed by atoms with Crippen LogP contribution >= 0.6 is 0 Å². The van der Waals surface area contributed by atoms with E-state index in [-0.39, 0.29) is 11.6 Å². The fourth-order valence-electron chi connectivity index (χ4n) is 3.16. The summed E-state index contributed by atoms with van der Waals surface area (Å²) in [6.07, 6.45) is 1.20. The molecule has 0 spiro atoms. The molecule has 3 nitrogen and oxygen atoms in total. The van der Waals surface area contributed by atoms with Gasteiger partial charge in [-0.25, -0.2) is 0 Å². The molecule has 0 aliphatic carbocycles. The number of ether oxygens (including phenoxy) is 1. The largest absolute Gasteiger partial charge is 0.486 e. The Bertz CT molecular complexity index is 468. The lowest BCUT2D eigenvalue weighted by atomic mass is 9.93. The molecule has 0 amide bonds. The second kappa shape index (κ2) is 6.37. The number of benzene rings is 1. The maximum absolute atomic E-state index is 6.10. The standard InChI is InChI=1S/C18H30N2O/c1-13(2)11-14(20(5)6)12-19-17-15-9-7-8-10-16(15)21-18(17,3)4/h7-10,13-14,17,19H,11-12H2,1-6H3. The minimum atomic E-state index is -0.196. The third-order valence-corrected chi connectivity index (χ3v) is 4.33. The molecule has 21 heavy (non-hydrogen) atoms. The van der Waals surface area contributed by atoms with Crippen molar-refractivity contribution in [1.29, 1.82) is 0 Å². The van der Waals surface area contributed by atoms with Gasteiger partial charge in [0.05, 0.1) is 6.04 Å². The average molecular weight is 290 g/mol. The highest BCUT2D eigenvalue weighted by Gasteiger charge is 2.40. The first kappa shape index (κ1) is 16.3. The van der Waals surface area contributed by atoms with E-state index >= 15 is 0 Å². The van der Waals surface area contributed by atoms with Gasteiger partial charge < -0.3 is 15.0 Å². The minimum absolute atomic E-state index is 0.196. The van der Waals surface area contributed by atoms with Gasteiger partial charge in [0.2, 0.25) is 0 Å². The predicted molar refractivity (Wildman–Crippen MR) is 88.8 cm³/mol. The average Bonchev–Trinajstić information content (AvgIpc) is 2.63. The van der Waals surface area contributed by atoms with Crippen molar-refractivity contribution in [3.8, 4) is 5.75 Å². The van der Waals surface area contributed by atoms with Gasteiger partial charge in [-0.05, 0) is 46.3 Å². The molecule has 0 fully saturated rings. The molecule has 0 saturated carbocycles. The van der Waals surface area contributed by atoms with Crippen LogP contribution in [0.2, 0.25) is 0 Å². The quantitative estimate of drug-likeness (QED) is 0.868. The van der Waals surface area contributed by atoms with E-state index in [4.69, 9.17) is 4.74 Å². The Labute approximate surface area is 129 Å². The molecular weight excluding hydrogens is 260 g/mol. The molecule has 1 aliphatic heterocycles. The summed E-state index contributed by atoms with van der Waals surface area (Å²) in [5.41, 5.74) is 1.09. The van der Waals surface area contributed by atoms with E-state index in [0.717, 1.165) is 12.3 Å². The first-order valence-electron chi connectivity index (χ1n) is 7.99. The topological polar surface area (TPSA) is 24.5 Å². The second-order valence-electron chi connectivity index (χ2n) is 7.33. The summed E-state index contributed by atoms with van der Waals surface area (Å²) in [6, 6.07) is 9.18. The zero-order valence-electron chi connectivity index (χ0n) is 14.3. The smallest absolute Gasteiger partial charge is 0.125 e. The molecule has 1 heterocycles. The van der Waals surface area contributed by atoms with E-state index in [9.17, 15) is 0 Å². The van der Waals surface area contributed by atoms with Gasteiger partial charge in [0.15, 0.2) is 0 Å². The first-order valence-corrected chi connectivity index (χ1v) is 7.99. The molecule has 1 aromatic carbocycles. The van der Waals surface area contributed by atoms with E-state index in [1.165, 1.54) is 12.0 Å². The summed E-state index contributed by atoms with van der Waals surface area (Å²) >= 11 is 0.